The van der Waals surface area contributed by atoms with Crippen molar-refractivity contribution in [2.75, 3.05) is 6.54 Å². The number of urea groups is 1. The number of carbonyl (C=O) groups excluding carboxylic acids is 1. The molecule has 8 nitrogen and oxygen atoms in total. The van der Waals surface area contributed by atoms with Crippen LogP contribution in [0.2, 0.25) is 0 Å². The van der Waals surface area contributed by atoms with Gasteiger partial charge in [0.05, 0.1) is 16.9 Å². The summed E-state index contributed by atoms with van der Waals surface area (Å²) in [6.45, 7) is -0.548. The average Bonchev–Trinajstić information content (AvgIpc) is 2.43. The predicted molar refractivity (Wildman–Crippen MR) is 70.6 cm³/mol. The number of nitro groups is 1. The molecule has 23 heavy (non-hydrogen) atoms. The lowest BCUT2D eigenvalue weighted by Crippen LogP contribution is -2.36. The van der Waals surface area contributed by atoms with Gasteiger partial charge in [-0.25, -0.2) is 4.79 Å². The topological polar surface area (TPSA) is 122 Å². The number of aliphatic carboxylic acids is 1. The minimum atomic E-state index is -4.76. The van der Waals surface area contributed by atoms with Gasteiger partial charge in [-0.15, -0.1) is 0 Å². The Balaban J connectivity index is 2.76. The Bertz CT molecular complexity index is 618. The number of carbonyl (C=O) groups is 2. The minimum Gasteiger partial charge on any atom is -0.481 e. The van der Waals surface area contributed by atoms with Crippen molar-refractivity contribution in [2.24, 2.45) is 0 Å². The van der Waals surface area contributed by atoms with E-state index in [1.54, 1.807) is 0 Å². The fourth-order valence-electron chi connectivity index (χ4n) is 1.57. The van der Waals surface area contributed by atoms with E-state index in [9.17, 15) is 32.9 Å². The summed E-state index contributed by atoms with van der Waals surface area (Å²) < 4.78 is 38.0. The summed E-state index contributed by atoms with van der Waals surface area (Å²) in [5, 5.41) is 23.4. The maximum absolute atomic E-state index is 12.7. The molecule has 11 heteroatoms. The lowest BCUT2D eigenvalue weighted by molar-refractivity contribution is -0.385. The summed E-state index contributed by atoms with van der Waals surface area (Å²) in [6, 6.07) is 1.19. The number of non-ortho nitro benzene ring substituents is 1. The van der Waals surface area contributed by atoms with Crippen LogP contribution in [0, 0.1) is 10.1 Å². The number of nitrogens with zero attached hydrogens (tertiary/aromatic N) is 1. The fourth-order valence-corrected chi connectivity index (χ4v) is 1.57. The highest BCUT2D eigenvalue weighted by molar-refractivity contribution is 5.75. The Morgan fingerprint density at radius 2 is 1.87 bits per heavy atom. The maximum Gasteiger partial charge on any atom is 0.416 e. The molecular formula is C12H12F3N3O5. The van der Waals surface area contributed by atoms with E-state index in [4.69, 9.17) is 5.11 Å². The van der Waals surface area contributed by atoms with Crippen molar-refractivity contribution < 1.29 is 32.8 Å². The number of benzene rings is 1. The van der Waals surface area contributed by atoms with Gasteiger partial charge in [-0.1, -0.05) is 0 Å². The normalized spacial score (nSPS) is 10.9. The number of carboxylic acids is 1. The van der Waals surface area contributed by atoms with Gasteiger partial charge in [0, 0.05) is 25.2 Å². The zero-order valence-corrected chi connectivity index (χ0v) is 11.5. The molecule has 1 rings (SSSR count). The zero-order valence-electron chi connectivity index (χ0n) is 11.5. The Labute approximate surface area is 127 Å². The molecule has 0 aliphatic rings. The van der Waals surface area contributed by atoms with Crippen molar-refractivity contribution in [3.63, 3.8) is 0 Å². The molecule has 2 amide bonds. The van der Waals surface area contributed by atoms with Crippen LogP contribution in [0.25, 0.3) is 0 Å². The number of nitro benzene ring substituents is 1. The zero-order chi connectivity index (χ0) is 17.6. The quantitative estimate of drug-likeness (QED) is 0.541. The molecule has 0 heterocycles. The lowest BCUT2D eigenvalue weighted by atomic mass is 10.1. The molecule has 126 valence electrons. The first-order chi connectivity index (χ1) is 10.6. The molecule has 0 atom stereocenters. The number of carboxylic acid groups (broad SMARTS) is 1. The molecule has 0 aromatic heterocycles. The van der Waals surface area contributed by atoms with E-state index in [1.165, 1.54) is 0 Å². The Kier molecular flexibility index (Phi) is 5.87. The molecule has 0 fully saturated rings. The molecule has 0 spiro atoms. The fraction of sp³-hybridized carbons (Fsp3) is 0.333. The van der Waals surface area contributed by atoms with Gasteiger partial charge >= 0.3 is 18.2 Å². The van der Waals surface area contributed by atoms with E-state index in [2.05, 4.69) is 10.6 Å². The molecule has 0 aliphatic heterocycles. The van der Waals surface area contributed by atoms with Gasteiger partial charge < -0.3 is 15.7 Å². The molecule has 0 saturated carbocycles. The number of halogens is 3. The first-order valence-electron chi connectivity index (χ1n) is 6.18. The van der Waals surface area contributed by atoms with Crippen LogP contribution in [0.4, 0.5) is 23.7 Å². The molecule has 0 aliphatic carbocycles. The van der Waals surface area contributed by atoms with Crippen LogP contribution in [0.1, 0.15) is 17.5 Å². The molecule has 0 radical (unpaired) electrons. The van der Waals surface area contributed by atoms with E-state index in [0.717, 1.165) is 6.07 Å². The summed E-state index contributed by atoms with van der Waals surface area (Å²) in [5.74, 6) is -1.13. The third-order valence-electron chi connectivity index (χ3n) is 2.59. The van der Waals surface area contributed by atoms with Crippen LogP contribution >= 0.6 is 0 Å². The monoisotopic (exact) mass is 335 g/mol. The van der Waals surface area contributed by atoms with Gasteiger partial charge in [-0.05, 0) is 11.6 Å². The third kappa shape index (κ3) is 6.20. The second-order valence-corrected chi connectivity index (χ2v) is 4.40. The predicted octanol–water partition coefficient (Wildman–Crippen LogP) is 1.89. The highest BCUT2D eigenvalue weighted by atomic mass is 19.4. The van der Waals surface area contributed by atoms with Gasteiger partial charge in [-0.2, -0.15) is 13.2 Å². The Morgan fingerprint density at radius 3 is 2.39 bits per heavy atom. The number of hydrogen-bond acceptors (Lipinski definition) is 4. The number of alkyl halides is 3. The largest absolute Gasteiger partial charge is 0.481 e. The van der Waals surface area contributed by atoms with E-state index in [-0.39, 0.29) is 25.1 Å². The van der Waals surface area contributed by atoms with Gasteiger partial charge in [0.1, 0.15) is 0 Å². The Morgan fingerprint density at radius 1 is 1.22 bits per heavy atom. The van der Waals surface area contributed by atoms with Gasteiger partial charge in [0.25, 0.3) is 5.69 Å². The molecule has 0 bridgehead atoms. The number of amides is 2. The minimum absolute atomic E-state index is 0.111. The molecule has 1 aromatic rings. The maximum atomic E-state index is 12.7. The van der Waals surface area contributed by atoms with Crippen LogP contribution in [0.15, 0.2) is 18.2 Å². The van der Waals surface area contributed by atoms with E-state index in [1.807, 2.05) is 0 Å². The number of rotatable bonds is 6. The molecular weight excluding hydrogens is 323 g/mol. The van der Waals surface area contributed by atoms with Crippen LogP contribution in [0.5, 0.6) is 0 Å². The standard InChI is InChI=1S/C12H12F3N3O5/c13-12(14,15)8-3-7(4-9(5-8)18(22)23)6-17-11(21)16-2-1-10(19)20/h3-5H,1-2,6H2,(H,19,20)(H2,16,17,21). The lowest BCUT2D eigenvalue weighted by Gasteiger charge is -2.10. The first kappa shape index (κ1) is 18.2. The molecule has 0 saturated heterocycles. The van der Waals surface area contributed by atoms with Crippen LogP contribution in [-0.4, -0.2) is 28.6 Å². The third-order valence-corrected chi connectivity index (χ3v) is 2.59. The van der Waals surface area contributed by atoms with Crippen molar-refractivity contribution >= 4 is 17.7 Å². The SMILES string of the molecule is O=C(O)CCNC(=O)NCc1cc([N+](=O)[O-])cc(C(F)(F)F)c1. The average molecular weight is 335 g/mol. The van der Waals surface area contributed by atoms with Crippen molar-refractivity contribution in [2.45, 2.75) is 19.1 Å². The molecule has 0 unspecified atom stereocenters. The van der Waals surface area contributed by atoms with E-state index >= 15 is 0 Å². The highest BCUT2D eigenvalue weighted by Gasteiger charge is 2.32. The number of hydrogen-bond donors (Lipinski definition) is 3. The summed E-state index contributed by atoms with van der Waals surface area (Å²) in [7, 11) is 0. The summed E-state index contributed by atoms with van der Waals surface area (Å²) in [6.07, 6.45) is -5.08. The highest BCUT2D eigenvalue weighted by Crippen LogP contribution is 2.32. The van der Waals surface area contributed by atoms with Crippen molar-refractivity contribution in [1.82, 2.24) is 10.6 Å². The Hall–Kier alpha value is -2.85. The van der Waals surface area contributed by atoms with Crippen molar-refractivity contribution in [3.05, 3.63) is 39.4 Å². The van der Waals surface area contributed by atoms with Crippen molar-refractivity contribution in [1.29, 1.82) is 0 Å². The van der Waals surface area contributed by atoms with Gasteiger partial charge in [0.2, 0.25) is 0 Å². The second-order valence-electron chi connectivity index (χ2n) is 4.40. The molecule has 3 N–H and O–H groups in total. The van der Waals surface area contributed by atoms with Gasteiger partial charge in [0.15, 0.2) is 0 Å². The van der Waals surface area contributed by atoms with Gasteiger partial charge in [-0.3, -0.25) is 14.9 Å². The summed E-state index contributed by atoms with van der Waals surface area (Å²) in [4.78, 5) is 31.3. The second kappa shape index (κ2) is 7.42. The first-order valence-corrected chi connectivity index (χ1v) is 6.18. The van der Waals surface area contributed by atoms with Crippen LogP contribution in [0.3, 0.4) is 0 Å². The van der Waals surface area contributed by atoms with E-state index < -0.39 is 34.4 Å². The number of nitrogens with one attached hydrogen (secondary N) is 2. The summed E-state index contributed by atoms with van der Waals surface area (Å²) >= 11 is 0. The van der Waals surface area contributed by atoms with Crippen molar-refractivity contribution in [3.8, 4) is 0 Å². The summed E-state index contributed by atoms with van der Waals surface area (Å²) in [5.41, 5.74) is -2.06. The smallest absolute Gasteiger partial charge is 0.416 e. The van der Waals surface area contributed by atoms with E-state index in [0.29, 0.717) is 12.1 Å². The van der Waals surface area contributed by atoms with Crippen LogP contribution in [-0.2, 0) is 17.5 Å². The van der Waals surface area contributed by atoms with Crippen LogP contribution < -0.4 is 10.6 Å². The molecule has 1 aromatic carbocycles.